The molecule has 0 atom stereocenters. The molecule has 1 fully saturated rings. The average molecular weight is 620 g/mol. The number of carbonyl (C=O) groups excluding carboxylic acids is 2. The average Bonchev–Trinajstić information content (AvgIpc) is 3.00. The van der Waals surface area contributed by atoms with Crippen LogP contribution in [0.5, 0.6) is 11.5 Å². The van der Waals surface area contributed by atoms with Crippen molar-refractivity contribution in [1.29, 1.82) is 0 Å². The number of ether oxygens (including phenoxy) is 2. The van der Waals surface area contributed by atoms with Crippen molar-refractivity contribution in [2.45, 2.75) is 18.7 Å². The van der Waals surface area contributed by atoms with Crippen LogP contribution >= 0.6 is 0 Å². The van der Waals surface area contributed by atoms with Gasteiger partial charge in [0.1, 0.15) is 16.4 Å². The Morgan fingerprint density at radius 2 is 1.43 bits per heavy atom. The van der Waals surface area contributed by atoms with Gasteiger partial charge in [0.2, 0.25) is 11.8 Å². The van der Waals surface area contributed by atoms with Crippen molar-refractivity contribution in [1.82, 2.24) is 14.9 Å². The van der Waals surface area contributed by atoms with E-state index in [9.17, 15) is 18.0 Å². The van der Waals surface area contributed by atoms with E-state index < -0.39 is 10.0 Å². The lowest BCUT2D eigenvalue weighted by molar-refractivity contribution is -0.129. The number of fused-ring (bicyclic) bond motifs is 1. The van der Waals surface area contributed by atoms with Crippen LogP contribution in [0.1, 0.15) is 13.8 Å². The zero-order chi connectivity index (χ0) is 31.4. The van der Waals surface area contributed by atoms with Crippen molar-refractivity contribution in [3.05, 3.63) is 60.7 Å². The molecule has 0 spiro atoms. The molecule has 2 heterocycles. The molecule has 0 saturated carbocycles. The first-order valence-corrected chi connectivity index (χ1v) is 15.3. The third-order valence-corrected chi connectivity index (χ3v) is 8.43. The van der Waals surface area contributed by atoms with Crippen LogP contribution in [0.15, 0.2) is 65.6 Å². The molecule has 1 saturated heterocycles. The van der Waals surface area contributed by atoms with Gasteiger partial charge in [-0.25, -0.2) is 18.4 Å². The number of methoxy groups -OCH3 is 2. The van der Waals surface area contributed by atoms with E-state index in [2.05, 4.69) is 25.3 Å². The molecule has 0 radical (unpaired) electrons. The number of hydrogen-bond donors (Lipinski definition) is 3. The zero-order valence-corrected chi connectivity index (χ0v) is 25.6. The lowest BCUT2D eigenvalue weighted by Gasteiger charge is -2.37. The normalized spacial score (nSPS) is 13.4. The van der Waals surface area contributed by atoms with E-state index in [0.717, 1.165) is 0 Å². The minimum absolute atomic E-state index is 0.0391. The molecule has 3 N–H and O–H groups in total. The van der Waals surface area contributed by atoms with Gasteiger partial charge in [-0.05, 0) is 24.3 Å². The molecular formula is C30H33N7O6S. The first kappa shape index (κ1) is 30.4. The number of carbonyl (C=O) groups is 2. The van der Waals surface area contributed by atoms with E-state index in [1.165, 1.54) is 34.1 Å². The molecule has 230 valence electrons. The molecule has 0 bridgehead atoms. The number of nitrogens with one attached hydrogen (secondary N) is 3. The highest BCUT2D eigenvalue weighted by atomic mass is 32.2. The third-order valence-electron chi connectivity index (χ3n) is 7.06. The fourth-order valence-corrected chi connectivity index (χ4v) is 6.22. The second-order valence-corrected chi connectivity index (χ2v) is 11.7. The van der Waals surface area contributed by atoms with Crippen molar-refractivity contribution < 1.29 is 27.5 Å². The minimum Gasteiger partial charge on any atom is -0.497 e. The summed E-state index contributed by atoms with van der Waals surface area (Å²) in [6, 6.07) is 16.9. The van der Waals surface area contributed by atoms with E-state index in [0.29, 0.717) is 65.8 Å². The number of hydrogen-bond acceptors (Lipinski definition) is 10. The Balaban J connectivity index is 1.58. The second-order valence-electron chi connectivity index (χ2n) is 10.1. The van der Waals surface area contributed by atoms with Crippen LogP contribution in [0.3, 0.4) is 0 Å². The highest BCUT2D eigenvalue weighted by molar-refractivity contribution is 7.93. The lowest BCUT2D eigenvalue weighted by atomic mass is 10.2. The van der Waals surface area contributed by atoms with Gasteiger partial charge in [0.05, 0.1) is 36.6 Å². The van der Waals surface area contributed by atoms with Crippen LogP contribution in [0.25, 0.3) is 11.0 Å². The van der Waals surface area contributed by atoms with Crippen molar-refractivity contribution in [3.8, 4) is 11.5 Å². The molecule has 0 aliphatic carbocycles. The van der Waals surface area contributed by atoms with Crippen LogP contribution in [-0.2, 0) is 19.6 Å². The number of amides is 2. The Hall–Kier alpha value is -5.11. The number of para-hydroxylation sites is 3. The molecular weight excluding hydrogens is 586 g/mol. The Labute approximate surface area is 255 Å². The highest BCUT2D eigenvalue weighted by Gasteiger charge is 2.29. The summed E-state index contributed by atoms with van der Waals surface area (Å²) in [6.45, 7) is 4.42. The summed E-state index contributed by atoms with van der Waals surface area (Å²) >= 11 is 0. The summed E-state index contributed by atoms with van der Waals surface area (Å²) in [6.07, 6.45) is 0. The summed E-state index contributed by atoms with van der Waals surface area (Å²) in [5, 5.41) is 5.91. The van der Waals surface area contributed by atoms with Gasteiger partial charge < -0.3 is 29.9 Å². The maximum absolute atomic E-state index is 14.2. The standard InChI is InChI=1S/C30H33N7O6S/c1-19(38)31-26-10-7-11-27(28(26)37-14-12-36(13-15-37)20(2)39)44(40,41)35-30-29(33-24-8-5-6-9-25(24)34-30)32-21-16-22(42-3)18-23(17-21)43-4/h5-11,16-18H,12-15H2,1-4H3,(H,31,38)(H,32,33)(H,34,35). The molecule has 1 aromatic heterocycles. The fourth-order valence-electron chi connectivity index (χ4n) is 4.96. The van der Waals surface area contributed by atoms with Crippen molar-refractivity contribution in [3.63, 3.8) is 0 Å². The van der Waals surface area contributed by atoms with Crippen molar-refractivity contribution in [2.24, 2.45) is 0 Å². The number of sulfonamides is 1. The molecule has 5 rings (SSSR count). The molecule has 1 aliphatic heterocycles. The smallest absolute Gasteiger partial charge is 0.265 e. The SMILES string of the molecule is COc1cc(Nc2nc3ccccc3nc2NS(=O)(=O)c2cccc(NC(C)=O)c2N2CCN(C(C)=O)CC2)cc(OC)c1. The highest BCUT2D eigenvalue weighted by Crippen LogP contribution is 2.37. The van der Waals surface area contributed by atoms with Gasteiger partial charge in [0.25, 0.3) is 10.0 Å². The number of aromatic nitrogens is 2. The van der Waals surface area contributed by atoms with E-state index in [1.807, 2.05) is 11.0 Å². The molecule has 13 nitrogen and oxygen atoms in total. The Kier molecular flexibility index (Phi) is 8.71. The molecule has 0 unspecified atom stereocenters. The third kappa shape index (κ3) is 6.59. The first-order valence-electron chi connectivity index (χ1n) is 13.8. The molecule has 44 heavy (non-hydrogen) atoms. The van der Waals surface area contributed by atoms with Crippen LogP contribution < -0.4 is 29.7 Å². The quantitative estimate of drug-likeness (QED) is 0.252. The molecule has 4 aromatic rings. The maximum atomic E-state index is 14.2. The number of rotatable bonds is 9. The molecule has 1 aliphatic rings. The minimum atomic E-state index is -4.31. The van der Waals surface area contributed by atoms with E-state index in [-0.39, 0.29) is 28.3 Å². The van der Waals surface area contributed by atoms with Gasteiger partial charge in [-0.3, -0.25) is 14.3 Å². The van der Waals surface area contributed by atoms with E-state index in [1.54, 1.807) is 53.4 Å². The van der Waals surface area contributed by atoms with Crippen LogP contribution in [0.2, 0.25) is 0 Å². The molecule has 3 aromatic carbocycles. The Morgan fingerprint density at radius 3 is 2.00 bits per heavy atom. The fraction of sp³-hybridized carbons (Fsp3) is 0.267. The lowest BCUT2D eigenvalue weighted by Crippen LogP contribution is -2.48. The van der Waals surface area contributed by atoms with Crippen LogP contribution in [0.4, 0.5) is 28.7 Å². The van der Waals surface area contributed by atoms with Crippen LogP contribution in [0, 0.1) is 0 Å². The predicted octanol–water partition coefficient (Wildman–Crippen LogP) is 3.82. The Morgan fingerprint density at radius 1 is 0.818 bits per heavy atom. The van der Waals surface area contributed by atoms with Gasteiger partial charge >= 0.3 is 0 Å². The number of nitrogens with zero attached hydrogens (tertiary/aromatic N) is 4. The van der Waals surface area contributed by atoms with Gasteiger partial charge in [-0.15, -0.1) is 0 Å². The summed E-state index contributed by atoms with van der Waals surface area (Å²) < 4.78 is 41.7. The number of piperazine rings is 1. The Bertz CT molecular complexity index is 1800. The zero-order valence-electron chi connectivity index (χ0n) is 24.7. The van der Waals surface area contributed by atoms with Gasteiger partial charge in [-0.2, -0.15) is 0 Å². The largest absolute Gasteiger partial charge is 0.497 e. The van der Waals surface area contributed by atoms with Gasteiger partial charge in [0.15, 0.2) is 11.6 Å². The van der Waals surface area contributed by atoms with E-state index in [4.69, 9.17) is 9.47 Å². The summed E-state index contributed by atoms with van der Waals surface area (Å²) in [4.78, 5) is 36.8. The second kappa shape index (κ2) is 12.6. The van der Waals surface area contributed by atoms with Gasteiger partial charge in [-0.1, -0.05) is 18.2 Å². The summed E-state index contributed by atoms with van der Waals surface area (Å²) in [7, 11) is -1.25. The topological polar surface area (TPSA) is 155 Å². The number of benzene rings is 3. The van der Waals surface area contributed by atoms with Crippen molar-refractivity contribution >= 4 is 61.6 Å². The predicted molar refractivity (Wildman–Crippen MR) is 168 cm³/mol. The molecule has 14 heteroatoms. The van der Waals surface area contributed by atoms with E-state index >= 15 is 0 Å². The summed E-state index contributed by atoms with van der Waals surface area (Å²) in [5.41, 5.74) is 2.21. The van der Waals surface area contributed by atoms with Crippen molar-refractivity contribution in [2.75, 3.05) is 60.7 Å². The molecule has 2 amide bonds. The van der Waals surface area contributed by atoms with Gasteiger partial charge in [0, 0.05) is 63.9 Å². The monoisotopic (exact) mass is 619 g/mol. The first-order chi connectivity index (χ1) is 21.1. The number of anilines is 5. The summed E-state index contributed by atoms with van der Waals surface area (Å²) in [5.74, 6) is 0.744. The van der Waals surface area contributed by atoms with Crippen LogP contribution in [-0.4, -0.2) is 75.5 Å². The maximum Gasteiger partial charge on any atom is 0.265 e.